The molecule has 0 aromatic rings. The van der Waals surface area contributed by atoms with E-state index in [1.807, 2.05) is 0 Å². The number of carbonyl (C=O) groups is 1. The average Bonchev–Trinajstić information content (AvgIpc) is 2.28. The summed E-state index contributed by atoms with van der Waals surface area (Å²) in [6.07, 6.45) is 6.88. The Morgan fingerprint density at radius 3 is 1.41 bits per heavy atom. The fraction of sp³-hybridized carbons (Fsp3) is 0.958. The monoisotopic (exact) mass is 378 g/mol. The van der Waals surface area contributed by atoms with Crippen LogP contribution in [0.5, 0.6) is 0 Å². The van der Waals surface area contributed by atoms with Crippen molar-refractivity contribution in [2.75, 3.05) is 0 Å². The van der Waals surface area contributed by atoms with Gasteiger partial charge in [0.05, 0.1) is 5.54 Å². The van der Waals surface area contributed by atoms with Gasteiger partial charge in [-0.3, -0.25) is 4.79 Å². The van der Waals surface area contributed by atoms with Gasteiger partial charge in [-0.05, 0) is 74.0 Å². The van der Waals surface area contributed by atoms with Gasteiger partial charge in [0, 0.05) is 12.1 Å². The van der Waals surface area contributed by atoms with E-state index in [0.29, 0.717) is 16.9 Å². The summed E-state index contributed by atoms with van der Waals surface area (Å²) in [5.74, 6) is 0.155. The quantitative estimate of drug-likeness (QED) is 0.660. The lowest BCUT2D eigenvalue weighted by atomic mass is 9.63. The number of nitrogens with one attached hydrogen (secondary N) is 2. The SMILES string of the molecule is CC1(C)CC(NC(=O)C(C)(C)NC2CC(C)(C)CC(C)(C)C2)CC(C)(C)C1. The minimum Gasteiger partial charge on any atom is -0.352 e. The maximum atomic E-state index is 13.2. The Morgan fingerprint density at radius 1 is 0.704 bits per heavy atom. The molecule has 0 aromatic heterocycles. The van der Waals surface area contributed by atoms with Crippen LogP contribution in [0.2, 0.25) is 0 Å². The van der Waals surface area contributed by atoms with Crippen LogP contribution in [0.25, 0.3) is 0 Å². The fourth-order valence-electron chi connectivity index (χ4n) is 6.84. The molecular formula is C24H46N2O. The Balaban J connectivity index is 2.02. The molecule has 0 radical (unpaired) electrons. The van der Waals surface area contributed by atoms with E-state index in [9.17, 15) is 4.79 Å². The molecule has 1 amide bonds. The number of hydrogen-bond acceptors (Lipinski definition) is 2. The maximum Gasteiger partial charge on any atom is 0.239 e. The third-order valence-electron chi connectivity index (χ3n) is 6.58. The van der Waals surface area contributed by atoms with Crippen LogP contribution in [0, 0.1) is 21.7 Å². The van der Waals surface area contributed by atoms with Gasteiger partial charge in [0.1, 0.15) is 0 Å². The van der Waals surface area contributed by atoms with Crippen molar-refractivity contribution in [3.05, 3.63) is 0 Å². The Hall–Kier alpha value is -0.570. The molecule has 2 aliphatic rings. The zero-order chi connectivity index (χ0) is 20.9. The van der Waals surface area contributed by atoms with Gasteiger partial charge in [0.25, 0.3) is 0 Å². The molecule has 2 saturated carbocycles. The smallest absolute Gasteiger partial charge is 0.239 e. The molecule has 2 N–H and O–H groups in total. The van der Waals surface area contributed by atoms with Crippen molar-refractivity contribution in [3.63, 3.8) is 0 Å². The van der Waals surface area contributed by atoms with Crippen molar-refractivity contribution in [1.82, 2.24) is 10.6 Å². The fourth-order valence-corrected chi connectivity index (χ4v) is 6.84. The summed E-state index contributed by atoms with van der Waals surface area (Å²) in [6.45, 7) is 22.9. The van der Waals surface area contributed by atoms with Crippen molar-refractivity contribution < 1.29 is 4.79 Å². The van der Waals surface area contributed by atoms with Crippen LogP contribution in [0.1, 0.15) is 108 Å². The lowest BCUT2D eigenvalue weighted by molar-refractivity contribution is -0.128. The first-order chi connectivity index (χ1) is 11.9. The van der Waals surface area contributed by atoms with Gasteiger partial charge >= 0.3 is 0 Å². The summed E-state index contributed by atoms with van der Waals surface area (Å²) in [6, 6.07) is 0.667. The van der Waals surface area contributed by atoms with Gasteiger partial charge in [-0.1, -0.05) is 55.4 Å². The van der Waals surface area contributed by atoms with E-state index in [1.54, 1.807) is 0 Å². The first kappa shape index (κ1) is 22.7. The minimum absolute atomic E-state index is 0.155. The molecule has 3 nitrogen and oxygen atoms in total. The molecule has 3 heteroatoms. The van der Waals surface area contributed by atoms with Crippen molar-refractivity contribution in [2.24, 2.45) is 21.7 Å². The number of hydrogen-bond donors (Lipinski definition) is 2. The molecule has 27 heavy (non-hydrogen) atoms. The summed E-state index contributed by atoms with van der Waals surface area (Å²) in [5, 5.41) is 7.13. The highest BCUT2D eigenvalue weighted by atomic mass is 16.2. The molecule has 0 aromatic carbocycles. The molecule has 0 spiro atoms. The number of rotatable bonds is 4. The average molecular weight is 379 g/mol. The summed E-state index contributed by atoms with van der Waals surface area (Å²) in [7, 11) is 0. The van der Waals surface area contributed by atoms with E-state index < -0.39 is 5.54 Å². The van der Waals surface area contributed by atoms with Gasteiger partial charge in [-0.15, -0.1) is 0 Å². The van der Waals surface area contributed by atoms with Gasteiger partial charge < -0.3 is 10.6 Å². The van der Waals surface area contributed by atoms with E-state index in [-0.39, 0.29) is 22.8 Å². The van der Waals surface area contributed by atoms with Crippen molar-refractivity contribution >= 4 is 5.91 Å². The minimum atomic E-state index is -0.542. The highest BCUT2D eigenvalue weighted by Gasteiger charge is 2.43. The predicted octanol–water partition coefficient (Wildman–Crippen LogP) is 5.68. The first-order valence-corrected chi connectivity index (χ1v) is 11.0. The predicted molar refractivity (Wildman–Crippen MR) is 116 cm³/mol. The Kier molecular flexibility index (Phi) is 5.92. The van der Waals surface area contributed by atoms with Crippen molar-refractivity contribution in [2.45, 2.75) is 125 Å². The lowest BCUT2D eigenvalue weighted by Crippen LogP contribution is -2.60. The van der Waals surface area contributed by atoms with Crippen LogP contribution in [0.3, 0.4) is 0 Å². The molecule has 2 rings (SSSR count). The summed E-state index contributed by atoms with van der Waals surface area (Å²) in [4.78, 5) is 13.2. The summed E-state index contributed by atoms with van der Waals surface area (Å²) < 4.78 is 0. The Morgan fingerprint density at radius 2 is 1.04 bits per heavy atom. The van der Waals surface area contributed by atoms with Gasteiger partial charge in [0.15, 0.2) is 0 Å². The first-order valence-electron chi connectivity index (χ1n) is 11.0. The van der Waals surface area contributed by atoms with E-state index >= 15 is 0 Å². The standard InChI is InChI=1S/C24H46N2O/c1-20(2)11-17(12-21(3,4)15-20)25-19(27)24(9,10)26-18-13-22(5,6)16-23(7,8)14-18/h17-18,26H,11-16H2,1-10H3,(H,25,27). The number of amides is 1. The van der Waals surface area contributed by atoms with Crippen LogP contribution in [0.15, 0.2) is 0 Å². The molecule has 158 valence electrons. The Labute approximate surface area is 168 Å². The molecule has 2 fully saturated rings. The van der Waals surface area contributed by atoms with Crippen LogP contribution in [0.4, 0.5) is 0 Å². The van der Waals surface area contributed by atoms with Gasteiger partial charge in [0.2, 0.25) is 5.91 Å². The zero-order valence-electron chi connectivity index (χ0n) is 19.8. The second kappa shape index (κ2) is 7.04. The Bertz CT molecular complexity index is 525. The van der Waals surface area contributed by atoms with Crippen LogP contribution in [-0.2, 0) is 4.79 Å². The molecule has 0 aliphatic heterocycles. The van der Waals surface area contributed by atoms with E-state index in [2.05, 4.69) is 79.9 Å². The van der Waals surface area contributed by atoms with E-state index in [1.165, 1.54) is 12.8 Å². The third-order valence-corrected chi connectivity index (χ3v) is 6.58. The highest BCUT2D eigenvalue weighted by Crippen LogP contribution is 2.47. The third kappa shape index (κ3) is 6.48. The molecule has 0 bridgehead atoms. The zero-order valence-corrected chi connectivity index (χ0v) is 19.8. The lowest BCUT2D eigenvalue weighted by Gasteiger charge is -2.48. The van der Waals surface area contributed by atoms with Gasteiger partial charge in [-0.2, -0.15) is 0 Å². The molecule has 0 atom stereocenters. The summed E-state index contributed by atoms with van der Waals surface area (Å²) in [5.41, 5.74) is 0.677. The number of carbonyl (C=O) groups excluding carboxylic acids is 1. The van der Waals surface area contributed by atoms with Gasteiger partial charge in [-0.25, -0.2) is 0 Å². The highest BCUT2D eigenvalue weighted by molar-refractivity contribution is 5.85. The topological polar surface area (TPSA) is 41.1 Å². The van der Waals surface area contributed by atoms with Crippen LogP contribution in [-0.4, -0.2) is 23.5 Å². The van der Waals surface area contributed by atoms with E-state index in [4.69, 9.17) is 0 Å². The van der Waals surface area contributed by atoms with Crippen LogP contribution < -0.4 is 10.6 Å². The molecule has 0 unspecified atom stereocenters. The molecular weight excluding hydrogens is 332 g/mol. The largest absolute Gasteiger partial charge is 0.352 e. The maximum absolute atomic E-state index is 13.2. The second-order valence-corrected chi connectivity index (χ2v) is 13.5. The second-order valence-electron chi connectivity index (χ2n) is 13.5. The van der Waals surface area contributed by atoms with Crippen molar-refractivity contribution in [3.8, 4) is 0 Å². The van der Waals surface area contributed by atoms with Crippen LogP contribution >= 0.6 is 0 Å². The molecule has 2 aliphatic carbocycles. The van der Waals surface area contributed by atoms with Crippen molar-refractivity contribution in [1.29, 1.82) is 0 Å². The normalized spacial score (nSPS) is 27.9. The van der Waals surface area contributed by atoms with E-state index in [0.717, 1.165) is 25.7 Å². The summed E-state index contributed by atoms with van der Waals surface area (Å²) >= 11 is 0. The molecule has 0 heterocycles. The molecule has 0 saturated heterocycles.